The zero-order valence-electron chi connectivity index (χ0n) is 14.0. The second kappa shape index (κ2) is 7.26. The van der Waals surface area contributed by atoms with Crippen LogP contribution < -0.4 is 16.1 Å². The van der Waals surface area contributed by atoms with Gasteiger partial charge < -0.3 is 14.3 Å². The minimum Gasteiger partial charge on any atom is -0.489 e. The Kier molecular flexibility index (Phi) is 4.88. The fourth-order valence-corrected chi connectivity index (χ4v) is 2.76. The van der Waals surface area contributed by atoms with Crippen molar-refractivity contribution in [3.05, 3.63) is 75.1 Å². The number of hydrogen-bond acceptors (Lipinski definition) is 5. The average Bonchev–Trinajstić information content (AvgIpc) is 2.63. The van der Waals surface area contributed by atoms with E-state index < -0.39 is 23.4 Å². The maximum Gasteiger partial charge on any atom is 0.423 e. The number of fused-ring (bicyclic) bond motifs is 1. The average molecular weight is 355 g/mol. The Morgan fingerprint density at radius 2 is 1.92 bits per heavy atom. The third-order valence-corrected chi connectivity index (χ3v) is 4.06. The summed E-state index contributed by atoms with van der Waals surface area (Å²) in [6.07, 6.45) is 0.160. The second-order valence-electron chi connectivity index (χ2n) is 5.74. The van der Waals surface area contributed by atoms with Gasteiger partial charge in [0.05, 0.1) is 10.9 Å². The van der Waals surface area contributed by atoms with Crippen molar-refractivity contribution in [2.24, 2.45) is 0 Å². The highest BCUT2D eigenvalue weighted by Gasteiger charge is 2.23. The zero-order chi connectivity index (χ0) is 18.7. The molecule has 0 saturated heterocycles. The van der Waals surface area contributed by atoms with Gasteiger partial charge in [0.1, 0.15) is 18.4 Å². The third kappa shape index (κ3) is 3.37. The van der Waals surface area contributed by atoms with Crippen molar-refractivity contribution in [1.29, 1.82) is 0 Å². The van der Waals surface area contributed by atoms with Gasteiger partial charge in [-0.15, -0.1) is 0 Å². The van der Waals surface area contributed by atoms with E-state index in [0.717, 1.165) is 10.1 Å². The van der Waals surface area contributed by atoms with Gasteiger partial charge in [-0.05, 0) is 24.1 Å². The molecule has 1 N–H and O–H groups in total. The molecule has 0 spiro atoms. The van der Waals surface area contributed by atoms with E-state index >= 15 is 0 Å². The molecule has 1 unspecified atom stereocenters. The van der Waals surface area contributed by atoms with Gasteiger partial charge in [-0.2, -0.15) is 0 Å². The molecule has 0 fully saturated rings. The maximum atomic E-state index is 12.1. The number of benzene rings is 2. The standard InChI is InChI=1S/C19H17NO6/c1-2-15(17(21)22)20-16-10-13(25-11-12-6-4-3-5-7-12)8-9-14(16)18(23)26-19(20)24/h3-10,15H,2,11H2,1H3,(H,21,22). The summed E-state index contributed by atoms with van der Waals surface area (Å²) in [5, 5.41) is 9.51. The molecule has 3 rings (SSSR count). The van der Waals surface area contributed by atoms with Crippen LogP contribution >= 0.6 is 0 Å². The quantitative estimate of drug-likeness (QED) is 0.730. The van der Waals surface area contributed by atoms with Crippen molar-refractivity contribution in [2.75, 3.05) is 0 Å². The zero-order valence-corrected chi connectivity index (χ0v) is 14.0. The minimum absolute atomic E-state index is 0.122. The summed E-state index contributed by atoms with van der Waals surface area (Å²) in [5.74, 6) is -1.77. The summed E-state index contributed by atoms with van der Waals surface area (Å²) in [7, 11) is 0. The summed E-state index contributed by atoms with van der Waals surface area (Å²) in [6.45, 7) is 1.94. The van der Waals surface area contributed by atoms with Crippen molar-refractivity contribution in [1.82, 2.24) is 4.57 Å². The van der Waals surface area contributed by atoms with E-state index in [1.54, 1.807) is 13.0 Å². The molecule has 7 heteroatoms. The summed E-state index contributed by atoms with van der Waals surface area (Å²) < 4.78 is 11.4. The van der Waals surface area contributed by atoms with Gasteiger partial charge in [0, 0.05) is 6.07 Å². The van der Waals surface area contributed by atoms with E-state index in [1.165, 1.54) is 12.1 Å². The molecule has 0 aliphatic heterocycles. The Labute approximate surface area is 148 Å². The van der Waals surface area contributed by atoms with E-state index in [4.69, 9.17) is 4.74 Å². The number of aliphatic carboxylic acids is 1. The number of carboxylic acid groups (broad SMARTS) is 1. The lowest BCUT2D eigenvalue weighted by Gasteiger charge is -2.16. The maximum absolute atomic E-state index is 12.1. The minimum atomic E-state index is -1.18. The van der Waals surface area contributed by atoms with Gasteiger partial charge in [-0.1, -0.05) is 37.3 Å². The molecule has 0 saturated carbocycles. The molecule has 0 aliphatic carbocycles. The van der Waals surface area contributed by atoms with Crippen molar-refractivity contribution in [3.63, 3.8) is 0 Å². The van der Waals surface area contributed by atoms with E-state index in [1.807, 2.05) is 30.3 Å². The Bertz CT molecular complexity index is 1050. The first kappa shape index (κ1) is 17.5. The van der Waals surface area contributed by atoms with E-state index in [9.17, 15) is 19.5 Å². The van der Waals surface area contributed by atoms with Gasteiger partial charge in [0.15, 0.2) is 0 Å². The normalized spacial score (nSPS) is 12.0. The van der Waals surface area contributed by atoms with Gasteiger partial charge in [-0.3, -0.25) is 4.57 Å². The smallest absolute Gasteiger partial charge is 0.423 e. The molecule has 1 heterocycles. The van der Waals surface area contributed by atoms with Crippen LogP contribution in [0, 0.1) is 0 Å². The molecule has 0 amide bonds. The monoisotopic (exact) mass is 355 g/mol. The Morgan fingerprint density at radius 1 is 1.19 bits per heavy atom. The first-order valence-corrected chi connectivity index (χ1v) is 8.10. The predicted molar refractivity (Wildman–Crippen MR) is 94.5 cm³/mol. The summed E-state index contributed by atoms with van der Waals surface area (Å²) >= 11 is 0. The van der Waals surface area contributed by atoms with Crippen LogP contribution in [0.4, 0.5) is 0 Å². The topological polar surface area (TPSA) is 98.7 Å². The van der Waals surface area contributed by atoms with Crippen LogP contribution in [0.5, 0.6) is 5.75 Å². The molecule has 1 atom stereocenters. The molecular weight excluding hydrogens is 338 g/mol. The first-order chi connectivity index (χ1) is 12.5. The lowest BCUT2D eigenvalue weighted by atomic mass is 10.2. The largest absolute Gasteiger partial charge is 0.489 e. The molecule has 7 nitrogen and oxygen atoms in total. The number of rotatable bonds is 6. The SMILES string of the molecule is CCC(C(=O)O)n1c(=O)oc(=O)c2ccc(OCc3ccccc3)cc21. The highest BCUT2D eigenvalue weighted by Crippen LogP contribution is 2.22. The highest BCUT2D eigenvalue weighted by atomic mass is 16.5. The van der Waals surface area contributed by atoms with E-state index in [2.05, 4.69) is 4.42 Å². The van der Waals surface area contributed by atoms with Crippen molar-refractivity contribution in [3.8, 4) is 5.75 Å². The number of carbonyl (C=O) groups is 1. The van der Waals surface area contributed by atoms with E-state index in [0.29, 0.717) is 12.4 Å². The first-order valence-electron chi connectivity index (χ1n) is 8.10. The molecule has 0 bridgehead atoms. The Hall–Kier alpha value is -3.35. The van der Waals surface area contributed by atoms with Crippen LogP contribution in [0.1, 0.15) is 24.9 Å². The molecule has 1 aromatic heterocycles. The van der Waals surface area contributed by atoms with Gasteiger partial charge >= 0.3 is 17.4 Å². The van der Waals surface area contributed by atoms with Crippen molar-refractivity contribution >= 4 is 16.9 Å². The van der Waals surface area contributed by atoms with Gasteiger partial charge in [-0.25, -0.2) is 14.4 Å². The number of nitrogens with zero attached hydrogens (tertiary/aromatic N) is 1. The highest BCUT2D eigenvalue weighted by molar-refractivity contribution is 5.82. The number of ether oxygens (including phenoxy) is 1. The fraction of sp³-hybridized carbons (Fsp3) is 0.211. The lowest BCUT2D eigenvalue weighted by Crippen LogP contribution is -2.32. The summed E-state index contributed by atoms with van der Waals surface area (Å²) in [6, 6.07) is 12.9. The molecule has 2 aromatic carbocycles. The fourth-order valence-electron chi connectivity index (χ4n) is 2.76. The van der Waals surface area contributed by atoms with Crippen LogP contribution in [0.3, 0.4) is 0 Å². The molecule has 0 radical (unpaired) electrons. The summed E-state index contributed by atoms with van der Waals surface area (Å²) in [5.41, 5.74) is 0.316. The molecule has 0 aliphatic rings. The Balaban J connectivity index is 2.08. The van der Waals surface area contributed by atoms with Crippen LogP contribution in [-0.4, -0.2) is 15.6 Å². The molecule has 134 valence electrons. The van der Waals surface area contributed by atoms with Gasteiger partial charge in [0.2, 0.25) is 0 Å². The van der Waals surface area contributed by atoms with Crippen molar-refractivity contribution in [2.45, 2.75) is 26.0 Å². The number of hydrogen-bond donors (Lipinski definition) is 1. The Morgan fingerprint density at radius 3 is 2.58 bits per heavy atom. The third-order valence-electron chi connectivity index (χ3n) is 4.06. The number of carboxylic acids is 1. The molecular formula is C19H17NO6. The van der Waals surface area contributed by atoms with Gasteiger partial charge in [0.25, 0.3) is 0 Å². The lowest BCUT2D eigenvalue weighted by molar-refractivity contribution is -0.141. The molecule has 26 heavy (non-hydrogen) atoms. The second-order valence-corrected chi connectivity index (χ2v) is 5.74. The summed E-state index contributed by atoms with van der Waals surface area (Å²) in [4.78, 5) is 35.6. The molecule has 3 aromatic rings. The predicted octanol–water partition coefficient (Wildman–Crippen LogP) is 2.57. The van der Waals surface area contributed by atoms with Crippen molar-refractivity contribution < 1.29 is 19.1 Å². The van der Waals surface area contributed by atoms with Crippen LogP contribution in [0.2, 0.25) is 0 Å². The van der Waals surface area contributed by atoms with Crippen LogP contribution in [-0.2, 0) is 11.4 Å². The van der Waals surface area contributed by atoms with E-state index in [-0.39, 0.29) is 17.3 Å². The van der Waals surface area contributed by atoms with Crippen LogP contribution in [0.15, 0.2) is 62.5 Å². The van der Waals surface area contributed by atoms with Crippen LogP contribution in [0.25, 0.3) is 10.9 Å². The number of aromatic nitrogens is 1.